The Morgan fingerprint density at radius 2 is 1.62 bits per heavy atom. The highest BCUT2D eigenvalue weighted by Crippen LogP contribution is 2.21. The van der Waals surface area contributed by atoms with Crippen LogP contribution >= 0.6 is 15.9 Å². The van der Waals surface area contributed by atoms with Gasteiger partial charge in [-0.15, -0.1) is 0 Å². The molecule has 0 spiro atoms. The van der Waals surface area contributed by atoms with E-state index in [1.165, 1.54) is 16.4 Å². The lowest BCUT2D eigenvalue weighted by Crippen LogP contribution is -2.31. The van der Waals surface area contributed by atoms with Gasteiger partial charge in [-0.2, -0.15) is 4.31 Å². The number of carbonyl (C=O) groups excluding carboxylic acids is 1. The first-order valence-corrected chi connectivity index (χ1v) is 12.3. The van der Waals surface area contributed by atoms with Crippen LogP contribution in [0.25, 0.3) is 0 Å². The molecule has 0 aromatic heterocycles. The van der Waals surface area contributed by atoms with Crippen LogP contribution in [-0.2, 0) is 21.4 Å². The van der Waals surface area contributed by atoms with Crippen molar-refractivity contribution in [3.05, 3.63) is 94.5 Å². The molecule has 0 unspecified atom stereocenters. The average molecular weight is 517 g/mol. The summed E-state index contributed by atoms with van der Waals surface area (Å²) in [5.41, 5.74) is 1.89. The third-order valence-electron chi connectivity index (χ3n) is 4.90. The fraction of sp³-hybridized carbons (Fsp3) is 0.208. The number of benzene rings is 3. The lowest BCUT2D eigenvalue weighted by Gasteiger charge is -2.18. The molecule has 0 aliphatic rings. The second-order valence-electron chi connectivity index (χ2n) is 7.35. The van der Waals surface area contributed by atoms with E-state index in [1.54, 1.807) is 19.2 Å². The van der Waals surface area contributed by atoms with Gasteiger partial charge in [0.05, 0.1) is 10.9 Å². The lowest BCUT2D eigenvalue weighted by atomic mass is 10.1. The molecule has 1 N–H and O–H groups in total. The van der Waals surface area contributed by atoms with E-state index in [2.05, 4.69) is 21.2 Å². The smallest absolute Gasteiger partial charge is 0.258 e. The van der Waals surface area contributed by atoms with E-state index in [4.69, 9.17) is 4.74 Å². The van der Waals surface area contributed by atoms with E-state index in [-0.39, 0.29) is 30.0 Å². The van der Waals surface area contributed by atoms with Crippen molar-refractivity contribution in [3.63, 3.8) is 0 Å². The van der Waals surface area contributed by atoms with E-state index in [0.29, 0.717) is 5.75 Å². The molecular formula is C24H25BrN2O4S. The number of rotatable bonds is 9. The average Bonchev–Trinajstić information content (AvgIpc) is 2.79. The summed E-state index contributed by atoms with van der Waals surface area (Å²) in [7, 11) is -2.09. The van der Waals surface area contributed by atoms with Gasteiger partial charge in [0.1, 0.15) is 5.75 Å². The molecule has 168 valence electrons. The first kappa shape index (κ1) is 24.0. The summed E-state index contributed by atoms with van der Waals surface area (Å²) < 4.78 is 33.4. The molecule has 1 atom stereocenters. The summed E-state index contributed by atoms with van der Waals surface area (Å²) in [5, 5.41) is 2.88. The Kier molecular flexibility index (Phi) is 8.06. The Hall–Kier alpha value is -2.68. The third-order valence-corrected chi connectivity index (χ3v) is 7.24. The number of sulfonamides is 1. The van der Waals surface area contributed by atoms with Crippen LogP contribution in [0.15, 0.2) is 88.2 Å². The zero-order chi connectivity index (χ0) is 23.1. The van der Waals surface area contributed by atoms with Gasteiger partial charge in [-0.3, -0.25) is 4.79 Å². The zero-order valence-electron chi connectivity index (χ0n) is 17.9. The number of amides is 1. The molecule has 0 aliphatic heterocycles. The van der Waals surface area contributed by atoms with E-state index in [0.717, 1.165) is 15.6 Å². The van der Waals surface area contributed by atoms with Gasteiger partial charge >= 0.3 is 0 Å². The van der Waals surface area contributed by atoms with Crippen LogP contribution in [0.2, 0.25) is 0 Å². The second kappa shape index (κ2) is 10.8. The van der Waals surface area contributed by atoms with E-state index in [1.807, 2.05) is 61.5 Å². The molecule has 1 amide bonds. The SMILES string of the molecule is C[C@H](NC(=O)COc1ccc(S(=O)(=O)N(C)Cc2ccccc2)cc1)c1ccc(Br)cc1. The Labute approximate surface area is 197 Å². The fourth-order valence-corrected chi connectivity index (χ4v) is 4.50. The summed E-state index contributed by atoms with van der Waals surface area (Å²) >= 11 is 3.39. The molecule has 0 saturated heterocycles. The van der Waals surface area contributed by atoms with Crippen molar-refractivity contribution in [1.29, 1.82) is 0 Å². The quantitative estimate of drug-likeness (QED) is 0.453. The first-order valence-electron chi connectivity index (χ1n) is 10.0. The van der Waals surface area contributed by atoms with Gasteiger partial charge in [-0.1, -0.05) is 58.4 Å². The molecule has 0 bridgehead atoms. The van der Waals surface area contributed by atoms with Gasteiger partial charge < -0.3 is 10.1 Å². The molecule has 0 radical (unpaired) electrons. The van der Waals surface area contributed by atoms with Crippen molar-refractivity contribution < 1.29 is 17.9 Å². The molecule has 0 saturated carbocycles. The predicted octanol–water partition coefficient (Wildman–Crippen LogP) is 4.53. The molecule has 3 aromatic carbocycles. The van der Waals surface area contributed by atoms with Crippen LogP contribution in [0.5, 0.6) is 5.75 Å². The fourth-order valence-electron chi connectivity index (χ4n) is 3.08. The van der Waals surface area contributed by atoms with Gasteiger partial charge in [0, 0.05) is 18.1 Å². The number of nitrogens with zero attached hydrogens (tertiary/aromatic N) is 1. The summed E-state index contributed by atoms with van der Waals surface area (Å²) in [5.74, 6) is 0.154. The highest BCUT2D eigenvalue weighted by Gasteiger charge is 2.21. The Balaban J connectivity index is 1.54. The molecule has 6 nitrogen and oxygen atoms in total. The van der Waals surface area contributed by atoms with Gasteiger partial charge in [-0.05, 0) is 54.4 Å². The molecule has 3 aromatic rings. The molecule has 0 aliphatic carbocycles. The zero-order valence-corrected chi connectivity index (χ0v) is 20.3. The second-order valence-corrected chi connectivity index (χ2v) is 10.3. The molecule has 0 fully saturated rings. The van der Waals surface area contributed by atoms with Crippen LogP contribution in [0.3, 0.4) is 0 Å². The van der Waals surface area contributed by atoms with Crippen LogP contribution in [0.1, 0.15) is 24.1 Å². The molecule has 8 heteroatoms. The normalized spacial score (nSPS) is 12.4. The van der Waals surface area contributed by atoms with E-state index < -0.39 is 10.0 Å². The molecule has 32 heavy (non-hydrogen) atoms. The number of nitrogens with one attached hydrogen (secondary N) is 1. The number of hydrogen-bond acceptors (Lipinski definition) is 4. The van der Waals surface area contributed by atoms with E-state index in [9.17, 15) is 13.2 Å². The van der Waals surface area contributed by atoms with Crippen LogP contribution in [-0.4, -0.2) is 32.3 Å². The molecule has 0 heterocycles. The number of hydrogen-bond donors (Lipinski definition) is 1. The Bertz CT molecular complexity index is 1130. The minimum absolute atomic E-state index is 0.160. The highest BCUT2D eigenvalue weighted by atomic mass is 79.9. The van der Waals surface area contributed by atoms with Crippen molar-refractivity contribution in [3.8, 4) is 5.75 Å². The van der Waals surface area contributed by atoms with Crippen LogP contribution in [0, 0.1) is 0 Å². The van der Waals surface area contributed by atoms with Gasteiger partial charge in [-0.25, -0.2) is 8.42 Å². The van der Waals surface area contributed by atoms with E-state index >= 15 is 0 Å². The topological polar surface area (TPSA) is 75.7 Å². The van der Waals surface area contributed by atoms with Crippen LogP contribution in [0.4, 0.5) is 0 Å². The van der Waals surface area contributed by atoms with Gasteiger partial charge in [0.15, 0.2) is 6.61 Å². The summed E-state index contributed by atoms with van der Waals surface area (Å²) in [4.78, 5) is 12.4. The molecular weight excluding hydrogens is 492 g/mol. The monoisotopic (exact) mass is 516 g/mol. The van der Waals surface area contributed by atoms with Gasteiger partial charge in [0.2, 0.25) is 10.0 Å². The lowest BCUT2D eigenvalue weighted by molar-refractivity contribution is -0.123. The summed E-state index contributed by atoms with van der Waals surface area (Å²) in [6.45, 7) is 2.01. The highest BCUT2D eigenvalue weighted by molar-refractivity contribution is 9.10. The first-order chi connectivity index (χ1) is 15.3. The van der Waals surface area contributed by atoms with Gasteiger partial charge in [0.25, 0.3) is 5.91 Å². The Morgan fingerprint density at radius 3 is 2.25 bits per heavy atom. The maximum Gasteiger partial charge on any atom is 0.258 e. The maximum atomic E-state index is 12.8. The number of carbonyl (C=O) groups is 1. The third kappa shape index (κ3) is 6.41. The summed E-state index contributed by atoms with van der Waals surface area (Å²) in [6, 6.07) is 23.0. The van der Waals surface area contributed by atoms with Crippen molar-refractivity contribution in [1.82, 2.24) is 9.62 Å². The van der Waals surface area contributed by atoms with Crippen molar-refractivity contribution >= 4 is 31.9 Å². The number of ether oxygens (including phenoxy) is 1. The predicted molar refractivity (Wildman–Crippen MR) is 128 cm³/mol. The molecule has 3 rings (SSSR count). The summed E-state index contributed by atoms with van der Waals surface area (Å²) in [6.07, 6.45) is 0. The van der Waals surface area contributed by atoms with Crippen molar-refractivity contribution in [2.75, 3.05) is 13.7 Å². The largest absolute Gasteiger partial charge is 0.484 e. The minimum Gasteiger partial charge on any atom is -0.484 e. The maximum absolute atomic E-state index is 12.8. The van der Waals surface area contributed by atoms with Crippen molar-refractivity contribution in [2.45, 2.75) is 24.4 Å². The Morgan fingerprint density at radius 1 is 1.00 bits per heavy atom. The van der Waals surface area contributed by atoms with Crippen molar-refractivity contribution in [2.24, 2.45) is 0 Å². The standard InChI is InChI=1S/C24H25BrN2O4S/c1-18(20-8-10-21(25)11-9-20)26-24(28)17-31-22-12-14-23(15-13-22)32(29,30)27(2)16-19-6-4-3-5-7-19/h3-15,18H,16-17H2,1-2H3,(H,26,28)/t18-/m0/s1. The minimum atomic E-state index is -3.64. The van der Waals surface area contributed by atoms with Crippen LogP contribution < -0.4 is 10.1 Å². The number of halogens is 1.